The molecule has 0 bridgehead atoms. The topological polar surface area (TPSA) is 63.2 Å². The van der Waals surface area contributed by atoms with Crippen LogP contribution in [0.15, 0.2) is 18.2 Å². The van der Waals surface area contributed by atoms with Crippen molar-refractivity contribution < 1.29 is 13.2 Å². The number of alkyl halides is 1. The van der Waals surface area contributed by atoms with Crippen LogP contribution in [-0.4, -0.2) is 31.9 Å². The average molecular weight is 372 g/mol. The number of rotatable bonds is 2. The van der Waals surface area contributed by atoms with Crippen molar-refractivity contribution in [3.63, 3.8) is 0 Å². The number of carbonyl (C=O) groups is 1. The zero-order chi connectivity index (χ0) is 15.0. The normalized spacial score (nSPS) is 25.8. The van der Waals surface area contributed by atoms with Gasteiger partial charge in [0.25, 0.3) is 5.91 Å². The summed E-state index contributed by atoms with van der Waals surface area (Å²) in [5, 5.41) is 2.44. The molecule has 1 saturated heterocycles. The number of halogens is 1. The smallest absolute Gasteiger partial charge is 0.251 e. The summed E-state index contributed by atoms with van der Waals surface area (Å²) in [5.41, 5.74) is 2.59. The van der Waals surface area contributed by atoms with Crippen molar-refractivity contribution in [3.8, 4) is 0 Å². The summed E-state index contributed by atoms with van der Waals surface area (Å²) < 4.78 is 24.5. The van der Waals surface area contributed by atoms with Crippen LogP contribution in [0.2, 0.25) is 0 Å². The maximum atomic E-state index is 12.2. The van der Waals surface area contributed by atoms with Gasteiger partial charge in [-0.3, -0.25) is 4.79 Å². The van der Waals surface area contributed by atoms with Crippen LogP contribution in [0.1, 0.15) is 45.6 Å². The van der Waals surface area contributed by atoms with Gasteiger partial charge in [-0.25, -0.2) is 8.42 Å². The molecule has 4 nitrogen and oxygen atoms in total. The van der Waals surface area contributed by atoms with Crippen LogP contribution in [0.3, 0.4) is 0 Å². The number of hydrogen-bond donors (Lipinski definition) is 1. The Morgan fingerprint density at radius 3 is 2.86 bits per heavy atom. The molecule has 1 amide bonds. The quantitative estimate of drug-likeness (QED) is 0.811. The van der Waals surface area contributed by atoms with Gasteiger partial charge in [0.15, 0.2) is 9.84 Å². The third-order valence-electron chi connectivity index (χ3n) is 4.33. The second kappa shape index (κ2) is 5.72. The third-order valence-corrected chi connectivity index (χ3v) is 8.14. The van der Waals surface area contributed by atoms with Gasteiger partial charge in [0.2, 0.25) is 0 Å². The molecular weight excluding hydrogens is 354 g/mol. The maximum absolute atomic E-state index is 12.2. The van der Waals surface area contributed by atoms with E-state index in [1.54, 1.807) is 0 Å². The number of hydrogen-bond acceptors (Lipinski definition) is 3. The number of nitrogens with one attached hydrogen (secondary N) is 1. The Hall–Kier alpha value is -0.880. The summed E-state index contributed by atoms with van der Waals surface area (Å²) in [6.45, 7) is 0.667. The fourth-order valence-electron chi connectivity index (χ4n) is 3.12. The standard InChI is InChI=1S/C15H18BrNO3S/c16-14(13-3-1-2-8-21(13,19)20)11-5-4-10-6-7-17-15(18)12(10)9-11/h4-5,9,13-14H,1-3,6-8H2,(H,17,18). The van der Waals surface area contributed by atoms with Crippen molar-refractivity contribution in [3.05, 3.63) is 34.9 Å². The molecule has 0 spiro atoms. The Labute approximate surface area is 133 Å². The average Bonchev–Trinajstić information content (AvgIpc) is 2.46. The number of benzene rings is 1. The van der Waals surface area contributed by atoms with Crippen LogP contribution in [-0.2, 0) is 16.3 Å². The van der Waals surface area contributed by atoms with Gasteiger partial charge in [-0.1, -0.05) is 34.5 Å². The second-order valence-electron chi connectivity index (χ2n) is 5.73. The van der Waals surface area contributed by atoms with Crippen molar-refractivity contribution >= 4 is 31.7 Å². The molecule has 2 aliphatic rings. The Kier molecular flexibility index (Phi) is 4.10. The van der Waals surface area contributed by atoms with E-state index in [0.29, 0.717) is 18.5 Å². The van der Waals surface area contributed by atoms with Crippen molar-refractivity contribution in [2.24, 2.45) is 0 Å². The summed E-state index contributed by atoms with van der Waals surface area (Å²) in [6, 6.07) is 5.74. The minimum Gasteiger partial charge on any atom is -0.352 e. The molecule has 1 aromatic carbocycles. The van der Waals surface area contributed by atoms with E-state index in [9.17, 15) is 13.2 Å². The molecule has 6 heteroatoms. The molecule has 1 N–H and O–H groups in total. The van der Waals surface area contributed by atoms with Gasteiger partial charge in [0.05, 0.1) is 15.8 Å². The number of carbonyl (C=O) groups excluding carboxylic acids is 1. The van der Waals surface area contributed by atoms with Gasteiger partial charge >= 0.3 is 0 Å². The lowest BCUT2D eigenvalue weighted by atomic mass is 9.95. The first-order chi connectivity index (χ1) is 9.99. The molecule has 114 valence electrons. The lowest BCUT2D eigenvalue weighted by Gasteiger charge is -2.27. The van der Waals surface area contributed by atoms with Crippen molar-refractivity contribution in [1.82, 2.24) is 5.32 Å². The highest BCUT2D eigenvalue weighted by molar-refractivity contribution is 9.09. The monoisotopic (exact) mass is 371 g/mol. The highest BCUT2D eigenvalue weighted by Crippen LogP contribution is 2.37. The van der Waals surface area contributed by atoms with Gasteiger partial charge in [0.1, 0.15) is 0 Å². The Morgan fingerprint density at radius 2 is 2.10 bits per heavy atom. The SMILES string of the molecule is O=C1NCCc2ccc(C(Br)C3CCCCS3(=O)=O)cc21. The lowest BCUT2D eigenvalue weighted by molar-refractivity contribution is 0.0946. The molecule has 0 aliphatic carbocycles. The first-order valence-electron chi connectivity index (χ1n) is 7.26. The Morgan fingerprint density at radius 1 is 1.29 bits per heavy atom. The van der Waals surface area contributed by atoms with E-state index in [4.69, 9.17) is 0 Å². The summed E-state index contributed by atoms with van der Waals surface area (Å²) in [4.78, 5) is 11.7. The predicted octanol–water partition coefficient (Wildman–Crippen LogP) is 2.38. The van der Waals surface area contributed by atoms with E-state index >= 15 is 0 Å². The molecule has 2 heterocycles. The van der Waals surface area contributed by atoms with Crippen LogP contribution < -0.4 is 5.32 Å². The Bertz CT molecular complexity index is 671. The molecule has 2 aliphatic heterocycles. The first kappa shape index (κ1) is 15.0. The van der Waals surface area contributed by atoms with Gasteiger partial charge in [-0.2, -0.15) is 0 Å². The highest BCUT2D eigenvalue weighted by atomic mass is 79.9. The van der Waals surface area contributed by atoms with Crippen molar-refractivity contribution in [2.75, 3.05) is 12.3 Å². The molecule has 3 rings (SSSR count). The van der Waals surface area contributed by atoms with E-state index in [1.165, 1.54) is 0 Å². The van der Waals surface area contributed by atoms with Crippen LogP contribution >= 0.6 is 15.9 Å². The van der Waals surface area contributed by atoms with E-state index in [2.05, 4.69) is 21.2 Å². The van der Waals surface area contributed by atoms with E-state index in [-0.39, 0.29) is 16.5 Å². The number of amides is 1. The summed E-state index contributed by atoms with van der Waals surface area (Å²) in [5.74, 6) is 0.204. The molecule has 0 saturated carbocycles. The zero-order valence-electron chi connectivity index (χ0n) is 11.6. The van der Waals surface area contributed by atoms with Crippen LogP contribution in [0.5, 0.6) is 0 Å². The third kappa shape index (κ3) is 2.88. The van der Waals surface area contributed by atoms with E-state index < -0.39 is 15.1 Å². The molecular formula is C15H18BrNO3S. The summed E-state index contributed by atoms with van der Waals surface area (Å²) in [7, 11) is -3.05. The van der Waals surface area contributed by atoms with E-state index in [0.717, 1.165) is 30.4 Å². The zero-order valence-corrected chi connectivity index (χ0v) is 14.0. The first-order valence-corrected chi connectivity index (χ1v) is 9.89. The molecule has 21 heavy (non-hydrogen) atoms. The van der Waals surface area contributed by atoms with E-state index in [1.807, 2.05) is 18.2 Å². The molecule has 2 unspecified atom stereocenters. The maximum Gasteiger partial charge on any atom is 0.251 e. The van der Waals surface area contributed by atoms with Gasteiger partial charge in [0, 0.05) is 12.1 Å². The fourth-order valence-corrected chi connectivity index (χ4v) is 6.62. The van der Waals surface area contributed by atoms with Gasteiger partial charge in [-0.15, -0.1) is 0 Å². The largest absolute Gasteiger partial charge is 0.352 e. The molecule has 1 aromatic rings. The van der Waals surface area contributed by atoms with Gasteiger partial charge < -0.3 is 5.32 Å². The molecule has 0 radical (unpaired) electrons. The lowest BCUT2D eigenvalue weighted by Crippen LogP contribution is -2.33. The second-order valence-corrected chi connectivity index (χ2v) is 9.05. The Balaban J connectivity index is 1.93. The molecule has 2 atom stereocenters. The minimum atomic E-state index is -3.05. The number of fused-ring (bicyclic) bond motifs is 1. The fraction of sp³-hybridized carbons (Fsp3) is 0.533. The highest BCUT2D eigenvalue weighted by Gasteiger charge is 2.35. The molecule has 1 fully saturated rings. The summed E-state index contributed by atoms with van der Waals surface area (Å²) >= 11 is 3.56. The number of sulfone groups is 1. The van der Waals surface area contributed by atoms with Crippen molar-refractivity contribution in [2.45, 2.75) is 35.8 Å². The van der Waals surface area contributed by atoms with Gasteiger partial charge in [-0.05, 0) is 36.5 Å². The summed E-state index contributed by atoms with van der Waals surface area (Å²) in [6.07, 6.45) is 3.21. The predicted molar refractivity (Wildman–Crippen MR) is 85.6 cm³/mol. The van der Waals surface area contributed by atoms with Crippen LogP contribution in [0.25, 0.3) is 0 Å². The van der Waals surface area contributed by atoms with Crippen LogP contribution in [0, 0.1) is 0 Å². The minimum absolute atomic E-state index is 0.0655. The molecule has 0 aromatic heterocycles. The van der Waals surface area contributed by atoms with Crippen LogP contribution in [0.4, 0.5) is 0 Å². The van der Waals surface area contributed by atoms with Crippen molar-refractivity contribution in [1.29, 1.82) is 0 Å².